The summed E-state index contributed by atoms with van der Waals surface area (Å²) < 4.78 is 0. The maximum atomic E-state index is 12.9. The van der Waals surface area contributed by atoms with Gasteiger partial charge < -0.3 is 20.6 Å². The van der Waals surface area contributed by atoms with Crippen LogP contribution in [-0.2, 0) is 13.1 Å². The van der Waals surface area contributed by atoms with Gasteiger partial charge in [-0.2, -0.15) is 4.98 Å². The molecule has 4 rings (SSSR count). The zero-order valence-electron chi connectivity index (χ0n) is 18.3. The first-order valence-electron chi connectivity index (χ1n) is 10.8. The number of anilines is 2. The van der Waals surface area contributed by atoms with Crippen molar-refractivity contribution in [3.05, 3.63) is 70.4 Å². The average molecular weight is 468 g/mol. The van der Waals surface area contributed by atoms with Crippen LogP contribution < -0.4 is 15.5 Å². The molecule has 1 aliphatic rings. The van der Waals surface area contributed by atoms with E-state index < -0.39 is 0 Å². The van der Waals surface area contributed by atoms with Gasteiger partial charge in [0, 0.05) is 36.7 Å². The molecule has 0 radical (unpaired) electrons. The third-order valence-corrected chi connectivity index (χ3v) is 6.00. The maximum absolute atomic E-state index is 12.9. The van der Waals surface area contributed by atoms with Gasteiger partial charge in [-0.05, 0) is 43.0 Å². The van der Waals surface area contributed by atoms with Gasteiger partial charge in [-0.25, -0.2) is 15.0 Å². The summed E-state index contributed by atoms with van der Waals surface area (Å²) >= 11 is 6.26. The Bertz CT molecular complexity index is 1110. The lowest BCUT2D eigenvalue weighted by Gasteiger charge is -2.24. The molecule has 10 heteroatoms. The number of aliphatic hydroxyl groups is 1. The standard InChI is InChI=1S/C23H26ClN7O2/c1-15-5-6-16(10-19(15)24)11-27-21-18(22(33)28-13-20-25-7-3-8-26-20)12-29-23(30-21)31-9-2-4-17(31)14-32/h3,5-8,10,12,17,32H,2,4,9,11,13-14H2,1H3,(H,28,33)(H,27,29,30). The molecule has 1 aliphatic heterocycles. The van der Waals surface area contributed by atoms with Gasteiger partial charge in [0.1, 0.15) is 17.2 Å². The van der Waals surface area contributed by atoms with Crippen molar-refractivity contribution in [1.82, 2.24) is 25.3 Å². The van der Waals surface area contributed by atoms with E-state index in [1.54, 1.807) is 18.5 Å². The molecule has 33 heavy (non-hydrogen) atoms. The summed E-state index contributed by atoms with van der Waals surface area (Å²) in [6, 6.07) is 7.51. The molecule has 1 amide bonds. The summed E-state index contributed by atoms with van der Waals surface area (Å²) in [6.07, 6.45) is 6.60. The molecule has 3 aromatic rings. The highest BCUT2D eigenvalue weighted by Crippen LogP contribution is 2.25. The average Bonchev–Trinajstić information content (AvgIpc) is 3.33. The van der Waals surface area contributed by atoms with Crippen molar-refractivity contribution >= 4 is 29.3 Å². The molecule has 1 fully saturated rings. The molecule has 172 valence electrons. The fourth-order valence-corrected chi connectivity index (χ4v) is 3.91. The van der Waals surface area contributed by atoms with Crippen LogP contribution in [0.3, 0.4) is 0 Å². The van der Waals surface area contributed by atoms with E-state index in [0.717, 1.165) is 30.5 Å². The van der Waals surface area contributed by atoms with Crippen LogP contribution >= 0.6 is 11.6 Å². The summed E-state index contributed by atoms with van der Waals surface area (Å²) in [5.74, 6) is 1.07. The topological polar surface area (TPSA) is 116 Å². The Balaban J connectivity index is 1.57. The lowest BCUT2D eigenvalue weighted by molar-refractivity contribution is 0.0950. The van der Waals surface area contributed by atoms with Crippen molar-refractivity contribution < 1.29 is 9.90 Å². The number of aryl methyl sites for hydroxylation is 1. The number of carbonyl (C=O) groups is 1. The van der Waals surface area contributed by atoms with Gasteiger partial charge in [0.25, 0.3) is 5.91 Å². The highest BCUT2D eigenvalue weighted by Gasteiger charge is 2.27. The Hall–Kier alpha value is -3.30. The van der Waals surface area contributed by atoms with E-state index in [0.29, 0.717) is 34.7 Å². The summed E-state index contributed by atoms with van der Waals surface area (Å²) in [7, 11) is 0. The molecule has 1 aromatic carbocycles. The van der Waals surface area contributed by atoms with E-state index in [2.05, 4.69) is 30.6 Å². The Kier molecular flexibility index (Phi) is 7.31. The number of benzene rings is 1. The van der Waals surface area contributed by atoms with Crippen LogP contribution in [0.2, 0.25) is 5.02 Å². The van der Waals surface area contributed by atoms with Crippen molar-refractivity contribution in [3.63, 3.8) is 0 Å². The molecule has 9 nitrogen and oxygen atoms in total. The number of carbonyl (C=O) groups excluding carboxylic acids is 1. The van der Waals surface area contributed by atoms with Crippen LogP contribution in [0.4, 0.5) is 11.8 Å². The number of aliphatic hydroxyl groups excluding tert-OH is 1. The molecule has 3 N–H and O–H groups in total. The number of halogens is 1. The second kappa shape index (κ2) is 10.5. The summed E-state index contributed by atoms with van der Waals surface area (Å²) in [4.78, 5) is 32.3. The third kappa shape index (κ3) is 5.55. The SMILES string of the molecule is Cc1ccc(CNc2nc(N3CCCC3CO)ncc2C(=O)NCc2ncccn2)cc1Cl. The summed E-state index contributed by atoms with van der Waals surface area (Å²) in [5.41, 5.74) is 2.27. The van der Waals surface area contributed by atoms with Gasteiger partial charge in [0.05, 0.1) is 19.2 Å². The zero-order valence-corrected chi connectivity index (χ0v) is 19.1. The van der Waals surface area contributed by atoms with E-state index in [4.69, 9.17) is 11.6 Å². The second-order valence-electron chi connectivity index (χ2n) is 7.89. The molecule has 0 bridgehead atoms. The van der Waals surface area contributed by atoms with Crippen LogP contribution in [0.5, 0.6) is 0 Å². The Morgan fingerprint density at radius 3 is 2.82 bits per heavy atom. The lowest BCUT2D eigenvalue weighted by Crippen LogP contribution is -2.34. The number of nitrogens with zero attached hydrogens (tertiary/aromatic N) is 5. The predicted molar refractivity (Wildman–Crippen MR) is 126 cm³/mol. The van der Waals surface area contributed by atoms with Gasteiger partial charge in [0.2, 0.25) is 5.95 Å². The van der Waals surface area contributed by atoms with Crippen molar-refractivity contribution in [3.8, 4) is 0 Å². The summed E-state index contributed by atoms with van der Waals surface area (Å²) in [6.45, 7) is 3.36. The lowest BCUT2D eigenvalue weighted by atomic mass is 10.1. The fourth-order valence-electron chi connectivity index (χ4n) is 3.71. The largest absolute Gasteiger partial charge is 0.394 e. The Morgan fingerprint density at radius 2 is 2.06 bits per heavy atom. The van der Waals surface area contributed by atoms with E-state index >= 15 is 0 Å². The fraction of sp³-hybridized carbons (Fsp3) is 0.348. The minimum atomic E-state index is -0.335. The highest BCUT2D eigenvalue weighted by molar-refractivity contribution is 6.31. The Labute approximate surface area is 197 Å². The number of rotatable bonds is 8. The van der Waals surface area contributed by atoms with Gasteiger partial charge >= 0.3 is 0 Å². The number of amides is 1. The van der Waals surface area contributed by atoms with Crippen LogP contribution in [0.15, 0.2) is 42.9 Å². The molecule has 1 unspecified atom stereocenters. The predicted octanol–water partition coefficient (Wildman–Crippen LogP) is 2.73. The molecular weight excluding hydrogens is 442 g/mol. The number of nitrogens with one attached hydrogen (secondary N) is 2. The molecule has 1 atom stereocenters. The van der Waals surface area contributed by atoms with Crippen LogP contribution in [-0.4, -0.2) is 50.1 Å². The molecule has 1 saturated heterocycles. The van der Waals surface area contributed by atoms with Crippen molar-refractivity contribution in [2.45, 2.75) is 38.9 Å². The van der Waals surface area contributed by atoms with Crippen molar-refractivity contribution in [1.29, 1.82) is 0 Å². The first-order chi connectivity index (χ1) is 16.0. The Morgan fingerprint density at radius 1 is 1.24 bits per heavy atom. The molecule has 0 saturated carbocycles. The zero-order chi connectivity index (χ0) is 23.2. The van der Waals surface area contributed by atoms with Crippen LogP contribution in [0.1, 0.15) is 40.2 Å². The first kappa shape index (κ1) is 22.9. The van der Waals surface area contributed by atoms with E-state index in [1.807, 2.05) is 30.0 Å². The number of hydrogen-bond acceptors (Lipinski definition) is 8. The van der Waals surface area contributed by atoms with Gasteiger partial charge in [0.15, 0.2) is 0 Å². The molecule has 0 aliphatic carbocycles. The van der Waals surface area contributed by atoms with Gasteiger partial charge in [-0.3, -0.25) is 4.79 Å². The quantitative estimate of drug-likeness (QED) is 0.463. The minimum absolute atomic E-state index is 0.0244. The van der Waals surface area contributed by atoms with Gasteiger partial charge in [-0.15, -0.1) is 0 Å². The maximum Gasteiger partial charge on any atom is 0.256 e. The molecular formula is C23H26ClN7O2. The van der Waals surface area contributed by atoms with E-state index in [9.17, 15) is 9.90 Å². The monoisotopic (exact) mass is 467 g/mol. The highest BCUT2D eigenvalue weighted by atomic mass is 35.5. The van der Waals surface area contributed by atoms with Crippen molar-refractivity contribution in [2.24, 2.45) is 0 Å². The van der Waals surface area contributed by atoms with E-state index in [-0.39, 0.29) is 25.1 Å². The molecule has 0 spiro atoms. The molecule has 3 heterocycles. The second-order valence-corrected chi connectivity index (χ2v) is 8.30. The van der Waals surface area contributed by atoms with Crippen LogP contribution in [0.25, 0.3) is 0 Å². The third-order valence-electron chi connectivity index (χ3n) is 5.59. The summed E-state index contributed by atoms with van der Waals surface area (Å²) in [5, 5.41) is 16.5. The first-order valence-corrected chi connectivity index (χ1v) is 11.2. The number of hydrogen-bond donors (Lipinski definition) is 3. The van der Waals surface area contributed by atoms with Gasteiger partial charge in [-0.1, -0.05) is 23.7 Å². The van der Waals surface area contributed by atoms with E-state index in [1.165, 1.54) is 6.20 Å². The normalized spacial score (nSPS) is 15.5. The minimum Gasteiger partial charge on any atom is -0.394 e. The molecule has 2 aromatic heterocycles. The smallest absolute Gasteiger partial charge is 0.256 e. The van der Waals surface area contributed by atoms with Crippen molar-refractivity contribution in [2.75, 3.05) is 23.4 Å². The van der Waals surface area contributed by atoms with Crippen LogP contribution in [0, 0.1) is 6.92 Å². The number of aromatic nitrogens is 4.